The number of aromatic amines is 2. The summed E-state index contributed by atoms with van der Waals surface area (Å²) in [5, 5.41) is 39.9. The van der Waals surface area contributed by atoms with Crippen molar-refractivity contribution in [1.29, 1.82) is 0 Å². The van der Waals surface area contributed by atoms with Crippen LogP contribution in [0.4, 0.5) is 0 Å². The number of nitrogens with zero attached hydrogens (tertiary/aromatic N) is 3. The fourth-order valence-corrected chi connectivity index (χ4v) is 9.74. The van der Waals surface area contributed by atoms with Crippen LogP contribution >= 0.6 is 0 Å². The van der Waals surface area contributed by atoms with Crippen molar-refractivity contribution in [2.24, 2.45) is 33.8 Å². The highest BCUT2D eigenvalue weighted by Crippen LogP contribution is 2.22. The lowest BCUT2D eigenvalue weighted by atomic mass is 10.0. The lowest BCUT2D eigenvalue weighted by molar-refractivity contribution is -0.142. The number of fused-ring (bicyclic) bond motifs is 1. The number of aliphatic imine (C=N–C) groups is 1. The summed E-state index contributed by atoms with van der Waals surface area (Å²) in [6, 6.07) is 5.48. The minimum absolute atomic E-state index is 0.0128. The average Bonchev–Trinajstić information content (AvgIpc) is 3.26. The summed E-state index contributed by atoms with van der Waals surface area (Å²) in [5.41, 5.74) is 25.3. The van der Waals surface area contributed by atoms with Crippen LogP contribution in [0.5, 0.6) is 0 Å². The molecule has 3 heterocycles. The predicted octanol–water partition coefficient (Wildman–Crippen LogP) is -2.83. The number of H-pyrrole nitrogens is 2. The fraction of sp³-hybridized carbons (Fsp3) is 0.491. The first-order valence-corrected chi connectivity index (χ1v) is 28.7. The molecule has 87 heavy (non-hydrogen) atoms. The van der Waals surface area contributed by atoms with Crippen molar-refractivity contribution in [2.75, 3.05) is 32.7 Å². The van der Waals surface area contributed by atoms with E-state index >= 15 is 0 Å². The van der Waals surface area contributed by atoms with Gasteiger partial charge in [-0.05, 0) is 81.0 Å². The molecule has 1 aliphatic heterocycles. The fourth-order valence-electron chi connectivity index (χ4n) is 9.74. The summed E-state index contributed by atoms with van der Waals surface area (Å²) in [6.45, 7) is 2.40. The number of carbonyl (C=O) groups excluding carboxylic acids is 9. The summed E-state index contributed by atoms with van der Waals surface area (Å²) in [5.74, 6) is -10.2. The molecule has 2 aromatic carbocycles. The van der Waals surface area contributed by atoms with Gasteiger partial charge in [0, 0.05) is 67.8 Å². The van der Waals surface area contributed by atoms with Gasteiger partial charge in [0.05, 0.1) is 18.9 Å². The number of amides is 9. The van der Waals surface area contributed by atoms with Gasteiger partial charge in [-0.25, -0.2) is 4.98 Å². The van der Waals surface area contributed by atoms with Crippen LogP contribution in [0.3, 0.4) is 0 Å². The van der Waals surface area contributed by atoms with Crippen LogP contribution in [0, 0.1) is 5.92 Å². The van der Waals surface area contributed by atoms with Crippen molar-refractivity contribution in [1.82, 2.24) is 62.4 Å². The molecule has 5 rings (SSSR count). The number of carboxylic acid groups (broad SMARTS) is 2. The van der Waals surface area contributed by atoms with E-state index in [0.717, 1.165) is 0 Å². The lowest BCUT2D eigenvalue weighted by Crippen LogP contribution is -2.60. The maximum Gasteiger partial charge on any atom is 0.322 e. The number of rotatable bonds is 36. The molecule has 2 aromatic heterocycles. The summed E-state index contributed by atoms with van der Waals surface area (Å²) in [4.78, 5) is 164. The number of carboxylic acids is 2. The second-order valence-corrected chi connectivity index (χ2v) is 21.4. The van der Waals surface area contributed by atoms with Crippen molar-refractivity contribution in [3.8, 4) is 0 Å². The van der Waals surface area contributed by atoms with E-state index in [4.69, 9.17) is 28.0 Å². The second-order valence-electron chi connectivity index (χ2n) is 21.4. The van der Waals surface area contributed by atoms with Crippen molar-refractivity contribution >= 4 is 82.0 Å². The molecule has 0 bridgehead atoms. The van der Waals surface area contributed by atoms with E-state index in [1.807, 2.05) is 6.07 Å². The van der Waals surface area contributed by atoms with Crippen LogP contribution in [-0.2, 0) is 72.0 Å². The number of guanidine groups is 1. The molecule has 0 aliphatic carbocycles. The number of nitrogens with two attached hydrogens (primary N) is 4. The molecule has 0 saturated carbocycles. The molecule has 30 heteroatoms. The number of hydrogen-bond donors (Lipinski definition) is 16. The number of hydrogen-bond acceptors (Lipinski definition) is 15. The zero-order valence-corrected chi connectivity index (χ0v) is 48.7. The van der Waals surface area contributed by atoms with Crippen LogP contribution in [0.1, 0.15) is 88.5 Å². The molecular formula is C57H81N17O13. The van der Waals surface area contributed by atoms with Gasteiger partial charge in [-0.2, -0.15) is 0 Å². The third kappa shape index (κ3) is 22.2. The Labute approximate surface area is 501 Å². The standard InChI is InChI=1S/C57H81N17O13/c1-32(2)48(55(86)66-30-47(78)79)73-54(85)44-18-11-23-74(44)56(87)40(16-8-9-21-58)68-45(75)29-65-50(81)42(25-34-27-64-38-15-7-6-14-36(34)38)72-51(82)39(17-10-22-63-57(60)61)69-52(83)41(24-33-12-4-3-5-13-33)71-53(84)43(26-35-28-62-31-67-35)70-49(80)37(59)19-20-46(76)77/h3-7,12-15,27-28,31-32,37,39-44,48,64H,8-11,16-26,29-30,58-59H2,1-2H3,(H,62,67)(H,65,81)(H,66,86)(H,68,75)(H,69,83)(H,70,80)(H,71,84)(H,72,82)(H,73,85)(H,76,77)(H,78,79)(H4,60,61,63)/t37-,39-,40-,41-,42-,43-,44-,48-/m0/s1. The van der Waals surface area contributed by atoms with Gasteiger partial charge in [-0.1, -0.05) is 62.4 Å². The number of likely N-dealkylation sites (tertiary alicyclic amines) is 1. The highest BCUT2D eigenvalue weighted by molar-refractivity contribution is 5.98. The van der Waals surface area contributed by atoms with Crippen molar-refractivity contribution in [3.05, 3.63) is 90.1 Å². The maximum absolute atomic E-state index is 14.8. The molecule has 9 amide bonds. The van der Waals surface area contributed by atoms with Crippen molar-refractivity contribution in [3.63, 3.8) is 0 Å². The van der Waals surface area contributed by atoms with E-state index in [-0.39, 0.29) is 77.0 Å². The van der Waals surface area contributed by atoms with Crippen LogP contribution in [-0.4, -0.2) is 182 Å². The van der Waals surface area contributed by atoms with Crippen LogP contribution in [0.15, 0.2) is 78.3 Å². The van der Waals surface area contributed by atoms with E-state index in [1.54, 1.807) is 68.6 Å². The Morgan fingerprint density at radius 1 is 0.678 bits per heavy atom. The number of unbranched alkanes of at least 4 members (excludes halogenated alkanes) is 1. The normalized spacial score (nSPS) is 15.3. The van der Waals surface area contributed by atoms with E-state index in [2.05, 4.69) is 62.5 Å². The third-order valence-electron chi connectivity index (χ3n) is 14.3. The summed E-state index contributed by atoms with van der Waals surface area (Å²) < 4.78 is 0. The molecule has 1 aliphatic rings. The van der Waals surface area contributed by atoms with Gasteiger partial charge in [-0.3, -0.25) is 57.7 Å². The van der Waals surface area contributed by atoms with E-state index in [9.17, 15) is 57.8 Å². The Hall–Kier alpha value is -9.45. The highest BCUT2D eigenvalue weighted by atomic mass is 16.4. The number of imidazole rings is 1. The van der Waals surface area contributed by atoms with Crippen LogP contribution in [0.25, 0.3) is 10.9 Å². The summed E-state index contributed by atoms with van der Waals surface area (Å²) >= 11 is 0. The number of carbonyl (C=O) groups is 11. The molecule has 1 saturated heterocycles. The Balaban J connectivity index is 1.38. The van der Waals surface area contributed by atoms with Gasteiger partial charge in [0.1, 0.15) is 48.8 Å². The van der Waals surface area contributed by atoms with E-state index in [0.29, 0.717) is 47.0 Å². The molecular weight excluding hydrogens is 1130 g/mol. The third-order valence-corrected chi connectivity index (χ3v) is 14.3. The molecule has 1 fully saturated rings. The zero-order chi connectivity index (χ0) is 63.6. The average molecular weight is 1210 g/mol. The van der Waals surface area contributed by atoms with Gasteiger partial charge in [0.2, 0.25) is 53.2 Å². The minimum Gasteiger partial charge on any atom is -0.481 e. The van der Waals surface area contributed by atoms with E-state index < -0.39 is 139 Å². The van der Waals surface area contributed by atoms with E-state index in [1.165, 1.54) is 17.4 Å². The molecule has 0 spiro atoms. The SMILES string of the molecule is CC(C)[C@H](NC(=O)[C@@H]1CCCN1C(=O)[C@H](CCCCN)NC(=O)CNC(=O)[C@H](Cc1c[nH]c2ccccc12)NC(=O)[C@H](CCCN=C(N)N)NC(=O)[C@H](Cc1ccccc1)NC(=O)[C@H](Cc1cnc[nH]1)NC(=O)[C@@H](N)CCC(=O)O)C(=O)NCC(=O)O. The first-order chi connectivity index (χ1) is 41.5. The van der Waals surface area contributed by atoms with Gasteiger partial charge >= 0.3 is 11.9 Å². The van der Waals surface area contributed by atoms with Gasteiger partial charge in [0.25, 0.3) is 0 Å². The number of benzene rings is 2. The second kappa shape index (κ2) is 34.5. The zero-order valence-electron chi connectivity index (χ0n) is 48.7. The first-order valence-electron chi connectivity index (χ1n) is 28.7. The predicted molar refractivity (Wildman–Crippen MR) is 317 cm³/mol. The van der Waals surface area contributed by atoms with Gasteiger partial charge < -0.3 is 90.5 Å². The molecule has 4 aromatic rings. The van der Waals surface area contributed by atoms with Gasteiger partial charge in [0.15, 0.2) is 5.96 Å². The largest absolute Gasteiger partial charge is 0.481 e. The first kappa shape index (κ1) is 68.3. The Kier molecular flexibility index (Phi) is 27.1. The molecule has 472 valence electrons. The maximum atomic E-state index is 14.8. The Bertz CT molecular complexity index is 3020. The smallest absolute Gasteiger partial charge is 0.322 e. The molecule has 0 unspecified atom stereocenters. The minimum atomic E-state index is -1.43. The number of aliphatic carboxylic acids is 2. The molecule has 8 atom stereocenters. The lowest BCUT2D eigenvalue weighted by Gasteiger charge is -2.30. The van der Waals surface area contributed by atoms with Crippen LogP contribution < -0.4 is 65.5 Å². The molecule has 20 N–H and O–H groups in total. The number of para-hydroxylation sites is 1. The van der Waals surface area contributed by atoms with Crippen molar-refractivity contribution in [2.45, 2.75) is 139 Å². The number of nitrogens with one attached hydrogen (secondary N) is 10. The topological polar surface area (TPSA) is 489 Å². The Morgan fingerprint density at radius 3 is 1.97 bits per heavy atom. The quantitative estimate of drug-likeness (QED) is 0.0124. The Morgan fingerprint density at radius 2 is 1.31 bits per heavy atom. The summed E-state index contributed by atoms with van der Waals surface area (Å²) in [6.07, 6.45) is 4.97. The number of aromatic nitrogens is 3. The summed E-state index contributed by atoms with van der Waals surface area (Å²) in [7, 11) is 0. The van der Waals surface area contributed by atoms with Gasteiger partial charge in [-0.15, -0.1) is 0 Å². The highest BCUT2D eigenvalue weighted by Gasteiger charge is 2.40. The molecule has 0 radical (unpaired) electrons. The molecule has 30 nitrogen and oxygen atoms in total. The monoisotopic (exact) mass is 1210 g/mol. The van der Waals surface area contributed by atoms with Crippen LogP contribution in [0.2, 0.25) is 0 Å². The van der Waals surface area contributed by atoms with Crippen molar-refractivity contribution < 1.29 is 63.0 Å².